The Morgan fingerprint density at radius 2 is 1.79 bits per heavy atom. The number of benzene rings is 2. The van der Waals surface area contributed by atoms with Crippen molar-refractivity contribution in [1.82, 2.24) is 0 Å². The summed E-state index contributed by atoms with van der Waals surface area (Å²) >= 11 is 6.09. The first-order valence-electron chi connectivity index (χ1n) is 6.04. The molecule has 0 heterocycles. The summed E-state index contributed by atoms with van der Waals surface area (Å²) < 4.78 is 5.83. The molecular weight excluding hydrogens is 260 g/mol. The van der Waals surface area contributed by atoms with Crippen LogP contribution in [0.1, 0.15) is 27.0 Å². The summed E-state index contributed by atoms with van der Waals surface area (Å²) in [6, 6.07) is 11.2. The molecule has 0 unspecified atom stereocenters. The molecule has 0 aliphatic heterocycles. The highest BCUT2D eigenvalue weighted by molar-refractivity contribution is 6.31. The van der Waals surface area contributed by atoms with E-state index in [9.17, 15) is 4.79 Å². The van der Waals surface area contributed by atoms with Crippen LogP contribution < -0.4 is 4.74 Å². The van der Waals surface area contributed by atoms with Gasteiger partial charge in [0.1, 0.15) is 18.6 Å². The standard InChI is InChI=1S/C16H15ClO2/c1-11-7-13(9-18)8-12(2)16(11)19-10-14-5-3-4-6-15(14)17/h3-9H,10H2,1-2H3. The van der Waals surface area contributed by atoms with Crippen LogP contribution in [0.4, 0.5) is 0 Å². The highest BCUT2D eigenvalue weighted by Crippen LogP contribution is 2.26. The molecule has 0 aliphatic rings. The molecule has 98 valence electrons. The number of aryl methyl sites for hydroxylation is 2. The quantitative estimate of drug-likeness (QED) is 0.775. The SMILES string of the molecule is Cc1cc(C=O)cc(C)c1OCc1ccccc1Cl. The van der Waals surface area contributed by atoms with Crippen LogP contribution in [0.25, 0.3) is 0 Å². The molecular formula is C16H15ClO2. The molecule has 0 saturated heterocycles. The lowest BCUT2D eigenvalue weighted by Crippen LogP contribution is -2.00. The zero-order chi connectivity index (χ0) is 13.8. The van der Waals surface area contributed by atoms with Crippen LogP contribution in [0.3, 0.4) is 0 Å². The van der Waals surface area contributed by atoms with Gasteiger partial charge in [0.15, 0.2) is 0 Å². The Bertz CT molecular complexity index is 582. The lowest BCUT2D eigenvalue weighted by Gasteiger charge is -2.13. The van der Waals surface area contributed by atoms with E-state index >= 15 is 0 Å². The van der Waals surface area contributed by atoms with E-state index in [4.69, 9.17) is 16.3 Å². The largest absolute Gasteiger partial charge is 0.488 e. The number of carbonyl (C=O) groups is 1. The number of ether oxygens (including phenoxy) is 1. The molecule has 0 amide bonds. The lowest BCUT2D eigenvalue weighted by molar-refractivity contribution is 0.112. The average Bonchev–Trinajstić information content (AvgIpc) is 2.39. The molecule has 0 radical (unpaired) electrons. The molecule has 0 aromatic heterocycles. The number of aldehydes is 1. The van der Waals surface area contributed by atoms with E-state index in [0.717, 1.165) is 28.7 Å². The maximum atomic E-state index is 10.8. The fraction of sp³-hybridized carbons (Fsp3) is 0.188. The zero-order valence-corrected chi connectivity index (χ0v) is 11.7. The zero-order valence-electron chi connectivity index (χ0n) is 10.9. The van der Waals surface area contributed by atoms with E-state index in [-0.39, 0.29) is 0 Å². The first-order valence-corrected chi connectivity index (χ1v) is 6.42. The van der Waals surface area contributed by atoms with Gasteiger partial charge in [0.05, 0.1) is 0 Å². The number of carbonyl (C=O) groups excluding carboxylic acids is 1. The van der Waals surface area contributed by atoms with Crippen molar-refractivity contribution in [2.24, 2.45) is 0 Å². The highest BCUT2D eigenvalue weighted by Gasteiger charge is 2.07. The number of hydrogen-bond acceptors (Lipinski definition) is 2. The van der Waals surface area contributed by atoms with Gasteiger partial charge in [0, 0.05) is 16.1 Å². The molecule has 0 bridgehead atoms. The van der Waals surface area contributed by atoms with Gasteiger partial charge in [-0.3, -0.25) is 4.79 Å². The van der Waals surface area contributed by atoms with E-state index in [1.807, 2.05) is 50.2 Å². The van der Waals surface area contributed by atoms with Crippen molar-refractivity contribution in [2.45, 2.75) is 20.5 Å². The molecule has 0 spiro atoms. The van der Waals surface area contributed by atoms with Crippen molar-refractivity contribution < 1.29 is 9.53 Å². The molecule has 2 aromatic carbocycles. The van der Waals surface area contributed by atoms with Crippen LogP contribution in [0.5, 0.6) is 5.75 Å². The molecule has 3 heteroatoms. The fourth-order valence-electron chi connectivity index (χ4n) is 2.04. The Balaban J connectivity index is 2.21. The van der Waals surface area contributed by atoms with E-state index < -0.39 is 0 Å². The molecule has 2 aromatic rings. The normalized spacial score (nSPS) is 10.3. The van der Waals surface area contributed by atoms with Crippen molar-refractivity contribution >= 4 is 17.9 Å². The molecule has 0 N–H and O–H groups in total. The van der Waals surface area contributed by atoms with Crippen molar-refractivity contribution in [3.05, 3.63) is 63.7 Å². The van der Waals surface area contributed by atoms with Gasteiger partial charge in [-0.15, -0.1) is 0 Å². The summed E-state index contributed by atoms with van der Waals surface area (Å²) in [6.07, 6.45) is 0.845. The first kappa shape index (κ1) is 13.6. The maximum absolute atomic E-state index is 10.8. The average molecular weight is 275 g/mol. The van der Waals surface area contributed by atoms with Crippen LogP contribution in [0.2, 0.25) is 5.02 Å². The third-order valence-electron chi connectivity index (χ3n) is 2.95. The molecule has 2 rings (SSSR count). The van der Waals surface area contributed by atoms with E-state index in [1.54, 1.807) is 0 Å². The number of halogens is 1. The topological polar surface area (TPSA) is 26.3 Å². The van der Waals surface area contributed by atoms with E-state index in [1.165, 1.54) is 0 Å². The van der Waals surface area contributed by atoms with Crippen molar-refractivity contribution in [3.8, 4) is 5.75 Å². The smallest absolute Gasteiger partial charge is 0.150 e. The Kier molecular flexibility index (Phi) is 4.23. The summed E-state index contributed by atoms with van der Waals surface area (Å²) in [5.41, 5.74) is 3.52. The van der Waals surface area contributed by atoms with Gasteiger partial charge in [-0.25, -0.2) is 0 Å². The van der Waals surface area contributed by atoms with Gasteiger partial charge in [0.2, 0.25) is 0 Å². The van der Waals surface area contributed by atoms with Gasteiger partial charge < -0.3 is 4.74 Å². The van der Waals surface area contributed by atoms with E-state index in [2.05, 4.69) is 0 Å². The summed E-state index contributed by atoms with van der Waals surface area (Å²) in [4.78, 5) is 10.8. The molecule has 19 heavy (non-hydrogen) atoms. The third-order valence-corrected chi connectivity index (χ3v) is 3.32. The predicted molar refractivity (Wildman–Crippen MR) is 77.1 cm³/mol. The minimum absolute atomic E-state index is 0.418. The second-order valence-corrected chi connectivity index (χ2v) is 4.89. The molecule has 0 saturated carbocycles. The van der Waals surface area contributed by atoms with Crippen LogP contribution in [0, 0.1) is 13.8 Å². The first-order chi connectivity index (χ1) is 9.11. The minimum Gasteiger partial charge on any atom is -0.488 e. The minimum atomic E-state index is 0.418. The Labute approximate surface area is 118 Å². The highest BCUT2D eigenvalue weighted by atomic mass is 35.5. The fourth-order valence-corrected chi connectivity index (χ4v) is 2.24. The Hall–Kier alpha value is -1.80. The molecule has 2 nitrogen and oxygen atoms in total. The van der Waals surface area contributed by atoms with Gasteiger partial charge >= 0.3 is 0 Å². The predicted octanol–water partition coefficient (Wildman–Crippen LogP) is 4.35. The van der Waals surface area contributed by atoms with Gasteiger partial charge in [-0.1, -0.05) is 29.8 Å². The van der Waals surface area contributed by atoms with Crippen LogP contribution in [0.15, 0.2) is 36.4 Å². The number of hydrogen-bond donors (Lipinski definition) is 0. The van der Waals surface area contributed by atoms with Crippen molar-refractivity contribution in [1.29, 1.82) is 0 Å². The second-order valence-electron chi connectivity index (χ2n) is 4.48. The van der Waals surface area contributed by atoms with Crippen LogP contribution in [-0.2, 0) is 6.61 Å². The third kappa shape index (κ3) is 3.15. The maximum Gasteiger partial charge on any atom is 0.150 e. The summed E-state index contributed by atoms with van der Waals surface area (Å²) in [6.45, 7) is 4.28. The van der Waals surface area contributed by atoms with E-state index in [0.29, 0.717) is 17.2 Å². The molecule has 0 atom stereocenters. The molecule has 0 aliphatic carbocycles. The van der Waals surface area contributed by atoms with Gasteiger partial charge in [-0.05, 0) is 43.2 Å². The van der Waals surface area contributed by atoms with Gasteiger partial charge in [-0.2, -0.15) is 0 Å². The summed E-state index contributed by atoms with van der Waals surface area (Å²) in [7, 11) is 0. The monoisotopic (exact) mass is 274 g/mol. The molecule has 0 fully saturated rings. The number of rotatable bonds is 4. The van der Waals surface area contributed by atoms with Crippen molar-refractivity contribution in [2.75, 3.05) is 0 Å². The summed E-state index contributed by atoms with van der Waals surface area (Å²) in [5, 5.41) is 0.697. The van der Waals surface area contributed by atoms with Gasteiger partial charge in [0.25, 0.3) is 0 Å². The van der Waals surface area contributed by atoms with Crippen LogP contribution in [-0.4, -0.2) is 6.29 Å². The van der Waals surface area contributed by atoms with Crippen molar-refractivity contribution in [3.63, 3.8) is 0 Å². The Morgan fingerprint density at radius 1 is 1.16 bits per heavy atom. The van der Waals surface area contributed by atoms with Crippen LogP contribution >= 0.6 is 11.6 Å². The Morgan fingerprint density at radius 3 is 2.37 bits per heavy atom. The summed E-state index contributed by atoms with van der Waals surface area (Å²) in [5.74, 6) is 0.811. The lowest BCUT2D eigenvalue weighted by atomic mass is 10.1. The second kappa shape index (κ2) is 5.89.